The van der Waals surface area contributed by atoms with Crippen molar-refractivity contribution in [2.45, 2.75) is 13.8 Å². The fourth-order valence-electron chi connectivity index (χ4n) is 3.58. The van der Waals surface area contributed by atoms with Crippen LogP contribution in [-0.4, -0.2) is 22.4 Å². The number of carbonyl (C=O) groups excluding carboxylic acids is 3. The van der Waals surface area contributed by atoms with Crippen LogP contribution in [0.1, 0.15) is 21.6 Å². The van der Waals surface area contributed by atoms with Crippen LogP contribution in [0.15, 0.2) is 65.1 Å². The van der Waals surface area contributed by atoms with E-state index in [1.807, 2.05) is 32.0 Å². The van der Waals surface area contributed by atoms with Crippen molar-refractivity contribution in [2.75, 3.05) is 16.1 Å². The summed E-state index contributed by atoms with van der Waals surface area (Å²) in [7, 11) is 0. The lowest BCUT2D eigenvalue weighted by Crippen LogP contribution is -2.36. The summed E-state index contributed by atoms with van der Waals surface area (Å²) in [5.74, 6) is -2.32. The lowest BCUT2D eigenvalue weighted by atomic mass is 10.1. The fraction of sp³-hybridized carbons (Fsp3) is 0.0800. The Kier molecular flexibility index (Phi) is 7.16. The van der Waals surface area contributed by atoms with E-state index < -0.39 is 17.7 Å². The first kappa shape index (κ1) is 24.8. The number of anilines is 2. The number of fused-ring (bicyclic) bond motifs is 1. The van der Waals surface area contributed by atoms with Gasteiger partial charge in [0, 0.05) is 21.2 Å². The second-order valence-electron chi connectivity index (χ2n) is 7.81. The first-order chi connectivity index (χ1) is 16.6. The predicted octanol–water partition coefficient (Wildman–Crippen LogP) is 6.29. The number of amides is 3. The van der Waals surface area contributed by atoms with E-state index in [2.05, 4.69) is 32.0 Å². The lowest BCUT2D eigenvalue weighted by Gasteiger charge is -2.14. The molecule has 10 heteroatoms. The van der Waals surface area contributed by atoms with Crippen molar-refractivity contribution in [3.8, 4) is 0 Å². The van der Waals surface area contributed by atoms with E-state index in [4.69, 9.17) is 23.2 Å². The van der Waals surface area contributed by atoms with Crippen LogP contribution in [0.3, 0.4) is 0 Å². The van der Waals surface area contributed by atoms with Crippen LogP contribution < -0.4 is 16.1 Å². The Balaban J connectivity index is 1.65. The second-order valence-corrected chi connectivity index (χ2v) is 9.54. The molecule has 3 N–H and O–H groups in total. The molecule has 0 radical (unpaired) electrons. The Labute approximate surface area is 219 Å². The van der Waals surface area contributed by atoms with Crippen LogP contribution in [0, 0.1) is 13.8 Å². The van der Waals surface area contributed by atoms with Crippen molar-refractivity contribution < 1.29 is 14.4 Å². The van der Waals surface area contributed by atoms with Gasteiger partial charge in [0.2, 0.25) is 0 Å². The second kappa shape index (κ2) is 10.1. The van der Waals surface area contributed by atoms with Crippen LogP contribution in [-0.2, 0) is 9.59 Å². The molecule has 0 saturated carbocycles. The largest absolute Gasteiger partial charge is 0.328 e. The standard InChI is InChI=1S/C25H19BrCl2N4O3/c1-13-4-3-5-14(2)22(13)30-24(34)25(35)31-32-20-9-6-16(26)10-15(20)11-21(32)23(33)29-17-7-8-18(27)19(28)12-17/h3-12H,1-2H3,(H,29,33)(H,30,34)(H,31,35). The Morgan fingerprint density at radius 2 is 1.54 bits per heavy atom. The van der Waals surface area contributed by atoms with Gasteiger partial charge in [0.05, 0.1) is 15.6 Å². The quantitative estimate of drug-likeness (QED) is 0.251. The van der Waals surface area contributed by atoms with E-state index in [0.717, 1.165) is 15.6 Å². The van der Waals surface area contributed by atoms with Crippen LogP contribution >= 0.6 is 39.1 Å². The average Bonchev–Trinajstić information content (AvgIpc) is 3.16. The lowest BCUT2D eigenvalue weighted by molar-refractivity contribution is -0.133. The molecule has 0 fully saturated rings. The Hall–Kier alpha value is -3.33. The summed E-state index contributed by atoms with van der Waals surface area (Å²) in [5, 5.41) is 6.69. The highest BCUT2D eigenvalue weighted by atomic mass is 79.9. The summed E-state index contributed by atoms with van der Waals surface area (Å²) < 4.78 is 2.07. The van der Waals surface area contributed by atoms with E-state index in [9.17, 15) is 14.4 Å². The number of nitrogens with one attached hydrogen (secondary N) is 3. The number of para-hydroxylation sites is 1. The minimum atomic E-state index is -0.934. The molecule has 1 aromatic heterocycles. The van der Waals surface area contributed by atoms with Gasteiger partial charge in [0.1, 0.15) is 5.69 Å². The summed E-state index contributed by atoms with van der Waals surface area (Å²) in [6.07, 6.45) is 0. The molecule has 178 valence electrons. The molecule has 35 heavy (non-hydrogen) atoms. The van der Waals surface area contributed by atoms with E-state index in [-0.39, 0.29) is 10.7 Å². The zero-order valence-electron chi connectivity index (χ0n) is 18.6. The molecule has 4 aromatic rings. The van der Waals surface area contributed by atoms with Crippen molar-refractivity contribution >= 4 is 79.1 Å². The van der Waals surface area contributed by atoms with Crippen LogP contribution in [0.5, 0.6) is 0 Å². The molecule has 0 spiro atoms. The molecular formula is C25H19BrCl2N4O3. The number of aryl methyl sites for hydroxylation is 2. The van der Waals surface area contributed by atoms with Gasteiger partial charge >= 0.3 is 11.8 Å². The normalized spacial score (nSPS) is 10.8. The molecule has 4 rings (SSSR count). The average molecular weight is 574 g/mol. The number of nitrogens with zero attached hydrogens (tertiary/aromatic N) is 1. The minimum Gasteiger partial charge on any atom is -0.321 e. The SMILES string of the molecule is Cc1cccc(C)c1NC(=O)C(=O)Nn1c(C(=O)Nc2ccc(Cl)c(Cl)c2)cc2cc(Br)ccc21. The highest BCUT2D eigenvalue weighted by molar-refractivity contribution is 9.10. The number of benzene rings is 3. The summed E-state index contributed by atoms with van der Waals surface area (Å²) in [6.45, 7) is 3.67. The Morgan fingerprint density at radius 3 is 2.23 bits per heavy atom. The summed E-state index contributed by atoms with van der Waals surface area (Å²) >= 11 is 15.4. The van der Waals surface area contributed by atoms with Crippen molar-refractivity contribution in [3.63, 3.8) is 0 Å². The molecule has 1 heterocycles. The topological polar surface area (TPSA) is 92.2 Å². The van der Waals surface area contributed by atoms with E-state index in [1.165, 1.54) is 10.7 Å². The smallest absolute Gasteiger partial charge is 0.321 e. The molecule has 0 saturated heterocycles. The molecule has 7 nitrogen and oxygen atoms in total. The van der Waals surface area contributed by atoms with Gasteiger partial charge in [0.15, 0.2) is 0 Å². The molecule has 0 aliphatic heterocycles. The van der Waals surface area contributed by atoms with Crippen molar-refractivity contribution in [2.24, 2.45) is 0 Å². The highest BCUT2D eigenvalue weighted by Gasteiger charge is 2.22. The van der Waals surface area contributed by atoms with Gasteiger partial charge in [-0.3, -0.25) is 19.8 Å². The third-order valence-corrected chi connectivity index (χ3v) is 6.55. The van der Waals surface area contributed by atoms with Gasteiger partial charge in [-0.05, 0) is 67.4 Å². The Morgan fingerprint density at radius 1 is 0.829 bits per heavy atom. The predicted molar refractivity (Wildman–Crippen MR) is 143 cm³/mol. The zero-order chi connectivity index (χ0) is 25.3. The number of carbonyl (C=O) groups is 3. The van der Waals surface area contributed by atoms with Gasteiger partial charge in [-0.2, -0.15) is 0 Å². The molecule has 3 amide bonds. The molecule has 0 unspecified atom stereocenters. The summed E-state index contributed by atoms with van der Waals surface area (Å²) in [5.41, 5.74) is 5.80. The molecule has 0 aliphatic rings. The van der Waals surface area contributed by atoms with Gasteiger partial charge in [-0.1, -0.05) is 57.3 Å². The van der Waals surface area contributed by atoms with Crippen LogP contribution in [0.25, 0.3) is 10.9 Å². The van der Waals surface area contributed by atoms with Crippen molar-refractivity contribution in [1.29, 1.82) is 0 Å². The molecule has 0 bridgehead atoms. The zero-order valence-corrected chi connectivity index (χ0v) is 21.7. The number of hydrogen-bond acceptors (Lipinski definition) is 3. The van der Waals surface area contributed by atoms with Gasteiger partial charge in [-0.15, -0.1) is 0 Å². The minimum absolute atomic E-state index is 0.109. The van der Waals surface area contributed by atoms with Crippen LogP contribution in [0.4, 0.5) is 11.4 Å². The first-order valence-electron chi connectivity index (χ1n) is 10.4. The molecule has 0 aliphatic carbocycles. The van der Waals surface area contributed by atoms with Gasteiger partial charge < -0.3 is 10.6 Å². The molecule has 0 atom stereocenters. The maximum atomic E-state index is 13.1. The van der Waals surface area contributed by atoms with E-state index in [0.29, 0.717) is 27.3 Å². The Bertz CT molecular complexity index is 1480. The third kappa shape index (κ3) is 5.35. The first-order valence-corrected chi connectivity index (χ1v) is 11.9. The molecular weight excluding hydrogens is 555 g/mol. The van der Waals surface area contributed by atoms with Crippen LogP contribution in [0.2, 0.25) is 10.0 Å². The maximum absolute atomic E-state index is 13.1. The monoisotopic (exact) mass is 572 g/mol. The number of halogens is 3. The summed E-state index contributed by atoms with van der Waals surface area (Å²) in [4.78, 5) is 38.7. The maximum Gasteiger partial charge on any atom is 0.328 e. The molecule has 3 aromatic carbocycles. The number of hydrogen-bond donors (Lipinski definition) is 3. The van der Waals surface area contributed by atoms with E-state index >= 15 is 0 Å². The van der Waals surface area contributed by atoms with E-state index in [1.54, 1.807) is 36.4 Å². The fourth-order valence-corrected chi connectivity index (χ4v) is 4.25. The third-order valence-electron chi connectivity index (χ3n) is 5.31. The highest BCUT2D eigenvalue weighted by Crippen LogP contribution is 2.27. The van der Waals surface area contributed by atoms with Crippen molar-refractivity contribution in [3.05, 3.63) is 92.0 Å². The number of aromatic nitrogens is 1. The van der Waals surface area contributed by atoms with Gasteiger partial charge in [0.25, 0.3) is 5.91 Å². The van der Waals surface area contributed by atoms with Crippen molar-refractivity contribution in [1.82, 2.24) is 4.68 Å². The van der Waals surface area contributed by atoms with Gasteiger partial charge in [-0.25, -0.2) is 4.68 Å². The number of rotatable bonds is 4. The summed E-state index contributed by atoms with van der Waals surface area (Å²) in [6, 6.07) is 17.1.